The van der Waals surface area contributed by atoms with Crippen LogP contribution in [0, 0.1) is 0 Å². The Morgan fingerprint density at radius 1 is 1.36 bits per heavy atom. The number of ether oxygens (including phenoxy) is 1. The second-order valence-electron chi connectivity index (χ2n) is 5.99. The van der Waals surface area contributed by atoms with Gasteiger partial charge in [0.05, 0.1) is 0 Å². The van der Waals surface area contributed by atoms with Crippen molar-refractivity contribution in [2.45, 2.75) is 39.0 Å². The minimum atomic E-state index is -1.01. The summed E-state index contributed by atoms with van der Waals surface area (Å²) in [7, 11) is 0. The lowest BCUT2D eigenvalue weighted by molar-refractivity contribution is -0.157. The van der Waals surface area contributed by atoms with Gasteiger partial charge in [-0.2, -0.15) is 0 Å². The maximum Gasteiger partial charge on any atom is 0.331 e. The molecule has 1 unspecified atom stereocenters. The molecule has 1 aromatic carbocycles. The van der Waals surface area contributed by atoms with Gasteiger partial charge in [-0.3, -0.25) is 0 Å². The zero-order chi connectivity index (χ0) is 16.3. The van der Waals surface area contributed by atoms with Crippen molar-refractivity contribution in [3.8, 4) is 11.3 Å². The topological polar surface area (TPSA) is 104 Å². The number of aromatic nitrogens is 1. The van der Waals surface area contributed by atoms with E-state index in [1.54, 1.807) is 26.8 Å². The van der Waals surface area contributed by atoms with Crippen molar-refractivity contribution in [1.29, 1.82) is 0 Å². The normalized spacial score (nSPS) is 13.0. The molecule has 0 aliphatic carbocycles. The fourth-order valence-corrected chi connectivity index (χ4v) is 1.99. The molecule has 0 saturated heterocycles. The number of esters is 1. The number of carbonyl (C=O) groups excluding carboxylic acids is 1. The molecule has 0 amide bonds. The molecule has 6 nitrogen and oxygen atoms in total. The van der Waals surface area contributed by atoms with E-state index in [0.717, 1.165) is 11.1 Å². The van der Waals surface area contributed by atoms with Gasteiger partial charge in [-0.1, -0.05) is 29.4 Å². The molecule has 0 spiro atoms. The Morgan fingerprint density at radius 2 is 2.05 bits per heavy atom. The van der Waals surface area contributed by atoms with Crippen molar-refractivity contribution in [3.63, 3.8) is 0 Å². The molecular weight excluding hydrogens is 282 g/mol. The quantitative estimate of drug-likeness (QED) is 0.838. The fraction of sp³-hybridized carbons (Fsp3) is 0.375. The summed E-state index contributed by atoms with van der Waals surface area (Å²) >= 11 is 0. The average Bonchev–Trinajstić information content (AvgIpc) is 2.94. The number of hydrogen-bond acceptors (Lipinski definition) is 6. The van der Waals surface area contributed by atoms with Crippen molar-refractivity contribution in [3.05, 3.63) is 41.7 Å². The molecule has 0 aliphatic heterocycles. The first-order valence-electron chi connectivity index (χ1n) is 7.05. The standard InChI is InChI=1S/C16H21N3O3/c1-16(2,3)21-15(20)14(18)13-8-12(19-22-13)11-7-5-4-6-10(11)9-17/h4-8,14H,9,17-18H2,1-3H3. The van der Waals surface area contributed by atoms with Crippen molar-refractivity contribution in [1.82, 2.24) is 5.16 Å². The SMILES string of the molecule is CC(C)(C)OC(=O)C(N)c1cc(-c2ccccc2CN)no1. The summed E-state index contributed by atoms with van der Waals surface area (Å²) in [5, 5.41) is 3.98. The third-order valence-electron chi connectivity index (χ3n) is 3.01. The van der Waals surface area contributed by atoms with Gasteiger partial charge in [-0.05, 0) is 26.3 Å². The fourth-order valence-electron chi connectivity index (χ4n) is 1.99. The van der Waals surface area contributed by atoms with Crippen LogP contribution in [0.5, 0.6) is 0 Å². The summed E-state index contributed by atoms with van der Waals surface area (Å²) in [5.74, 6) is -0.293. The van der Waals surface area contributed by atoms with Gasteiger partial charge >= 0.3 is 5.97 Å². The van der Waals surface area contributed by atoms with Crippen LogP contribution >= 0.6 is 0 Å². The minimum Gasteiger partial charge on any atom is -0.458 e. The molecule has 1 heterocycles. The third-order valence-corrected chi connectivity index (χ3v) is 3.01. The van der Waals surface area contributed by atoms with Crippen LogP contribution in [-0.4, -0.2) is 16.7 Å². The van der Waals surface area contributed by atoms with Gasteiger partial charge in [0.15, 0.2) is 11.8 Å². The van der Waals surface area contributed by atoms with Crippen LogP contribution in [0.1, 0.15) is 38.1 Å². The van der Waals surface area contributed by atoms with E-state index in [4.69, 9.17) is 20.7 Å². The van der Waals surface area contributed by atoms with E-state index in [1.165, 1.54) is 0 Å². The molecule has 1 aromatic heterocycles. The van der Waals surface area contributed by atoms with E-state index in [0.29, 0.717) is 12.2 Å². The molecule has 2 rings (SSSR count). The highest BCUT2D eigenvalue weighted by Crippen LogP contribution is 2.26. The Bertz CT molecular complexity index is 659. The van der Waals surface area contributed by atoms with Crippen LogP contribution < -0.4 is 11.5 Å². The summed E-state index contributed by atoms with van der Waals surface area (Å²) < 4.78 is 10.4. The first-order valence-corrected chi connectivity index (χ1v) is 7.05. The van der Waals surface area contributed by atoms with Gasteiger partial charge in [0, 0.05) is 18.2 Å². The van der Waals surface area contributed by atoms with Gasteiger partial charge in [0.25, 0.3) is 0 Å². The van der Waals surface area contributed by atoms with Crippen molar-refractivity contribution >= 4 is 5.97 Å². The molecule has 0 saturated carbocycles. The van der Waals surface area contributed by atoms with Gasteiger partial charge in [0.2, 0.25) is 0 Å². The lowest BCUT2D eigenvalue weighted by atomic mass is 10.0. The predicted molar refractivity (Wildman–Crippen MR) is 82.6 cm³/mol. The average molecular weight is 303 g/mol. The van der Waals surface area contributed by atoms with E-state index in [2.05, 4.69) is 5.16 Å². The summed E-state index contributed by atoms with van der Waals surface area (Å²) in [6.45, 7) is 5.72. The molecule has 4 N–H and O–H groups in total. The molecule has 0 radical (unpaired) electrons. The van der Waals surface area contributed by atoms with Gasteiger partial charge in [-0.25, -0.2) is 4.79 Å². The molecule has 1 atom stereocenters. The Kier molecular flexibility index (Phi) is 4.63. The third kappa shape index (κ3) is 3.72. The van der Waals surface area contributed by atoms with Crippen molar-refractivity contribution < 1.29 is 14.1 Å². The van der Waals surface area contributed by atoms with Crippen LogP contribution in [0.2, 0.25) is 0 Å². The van der Waals surface area contributed by atoms with Crippen LogP contribution in [-0.2, 0) is 16.1 Å². The number of rotatable bonds is 4. The van der Waals surface area contributed by atoms with Crippen LogP contribution in [0.4, 0.5) is 0 Å². The molecule has 0 aliphatic rings. The lowest BCUT2D eigenvalue weighted by Gasteiger charge is -2.21. The van der Waals surface area contributed by atoms with Gasteiger partial charge < -0.3 is 20.7 Å². The van der Waals surface area contributed by atoms with E-state index >= 15 is 0 Å². The lowest BCUT2D eigenvalue weighted by Crippen LogP contribution is -2.31. The van der Waals surface area contributed by atoms with E-state index in [9.17, 15) is 4.79 Å². The smallest absolute Gasteiger partial charge is 0.331 e. The monoisotopic (exact) mass is 303 g/mol. The number of nitrogens with zero attached hydrogens (tertiary/aromatic N) is 1. The highest BCUT2D eigenvalue weighted by molar-refractivity contribution is 5.77. The first-order chi connectivity index (χ1) is 10.3. The second kappa shape index (κ2) is 6.29. The summed E-state index contributed by atoms with van der Waals surface area (Å²) in [6.07, 6.45) is 0. The Morgan fingerprint density at radius 3 is 2.68 bits per heavy atom. The number of carbonyl (C=O) groups is 1. The summed E-state index contributed by atoms with van der Waals surface area (Å²) in [6, 6.07) is 8.23. The largest absolute Gasteiger partial charge is 0.458 e. The minimum absolute atomic E-state index is 0.260. The Hall–Kier alpha value is -2.18. The molecular formula is C16H21N3O3. The first kappa shape index (κ1) is 16.2. The molecule has 2 aromatic rings. The molecule has 6 heteroatoms. The predicted octanol–water partition coefficient (Wildman–Crippen LogP) is 2.14. The summed E-state index contributed by atoms with van der Waals surface area (Å²) in [4.78, 5) is 12.0. The van der Waals surface area contributed by atoms with Crippen molar-refractivity contribution in [2.75, 3.05) is 0 Å². The molecule has 0 fully saturated rings. The highest BCUT2D eigenvalue weighted by Gasteiger charge is 2.27. The van der Waals surface area contributed by atoms with E-state index in [-0.39, 0.29) is 5.76 Å². The van der Waals surface area contributed by atoms with Crippen LogP contribution in [0.3, 0.4) is 0 Å². The number of hydrogen-bond donors (Lipinski definition) is 2. The molecule has 22 heavy (non-hydrogen) atoms. The maximum absolute atomic E-state index is 12.0. The van der Waals surface area contributed by atoms with Crippen LogP contribution in [0.25, 0.3) is 11.3 Å². The highest BCUT2D eigenvalue weighted by atomic mass is 16.6. The zero-order valence-electron chi connectivity index (χ0n) is 13.0. The molecule has 118 valence electrons. The molecule has 0 bridgehead atoms. The van der Waals surface area contributed by atoms with Crippen molar-refractivity contribution in [2.24, 2.45) is 11.5 Å². The van der Waals surface area contributed by atoms with Gasteiger partial charge in [0.1, 0.15) is 11.3 Å². The van der Waals surface area contributed by atoms with Crippen LogP contribution in [0.15, 0.2) is 34.9 Å². The second-order valence-corrected chi connectivity index (χ2v) is 5.99. The Labute approximate surface area is 129 Å². The van der Waals surface area contributed by atoms with E-state index < -0.39 is 17.6 Å². The van der Waals surface area contributed by atoms with Gasteiger partial charge in [-0.15, -0.1) is 0 Å². The maximum atomic E-state index is 12.0. The Balaban J connectivity index is 2.23. The zero-order valence-corrected chi connectivity index (χ0v) is 13.0. The number of nitrogens with two attached hydrogens (primary N) is 2. The van der Waals surface area contributed by atoms with E-state index in [1.807, 2.05) is 24.3 Å². The number of benzene rings is 1. The summed E-state index contributed by atoms with van der Waals surface area (Å²) in [5.41, 5.74) is 13.4.